The molecule has 1 heterocycles. The molecule has 0 amide bonds. The van der Waals surface area contributed by atoms with Gasteiger partial charge in [-0.1, -0.05) is 42.5 Å². The second-order valence-corrected chi connectivity index (χ2v) is 7.94. The van der Waals surface area contributed by atoms with Gasteiger partial charge in [-0.15, -0.1) is 11.8 Å². The second kappa shape index (κ2) is 8.57. The van der Waals surface area contributed by atoms with Crippen molar-refractivity contribution in [3.8, 4) is 5.75 Å². The van der Waals surface area contributed by atoms with Crippen LogP contribution in [0.2, 0.25) is 0 Å². The summed E-state index contributed by atoms with van der Waals surface area (Å²) >= 11 is 1.59. The van der Waals surface area contributed by atoms with Gasteiger partial charge in [0, 0.05) is 12.8 Å². The zero-order valence-corrected chi connectivity index (χ0v) is 17.0. The van der Waals surface area contributed by atoms with E-state index in [9.17, 15) is 4.79 Å². The van der Waals surface area contributed by atoms with Gasteiger partial charge in [0.25, 0.3) is 0 Å². The standard InChI is InChI=1S/C23H22N2O3S/c1-28-19-12-11-18-22(23(19)29-13-5-10-21(26)27)25-20(24-18)14-16-8-4-7-15-6-2-3-9-17(15)16/h2-4,6-9,11-12H,5,10,13-14H2,1H3,(H,24,25)(H,26,27). The summed E-state index contributed by atoms with van der Waals surface area (Å²) in [5, 5.41) is 11.3. The molecule has 2 N–H and O–H groups in total. The lowest BCUT2D eigenvalue weighted by molar-refractivity contribution is -0.137. The van der Waals surface area contributed by atoms with Gasteiger partial charge >= 0.3 is 5.97 Å². The summed E-state index contributed by atoms with van der Waals surface area (Å²) in [5.41, 5.74) is 3.06. The molecular weight excluding hydrogens is 384 g/mol. The van der Waals surface area contributed by atoms with E-state index in [0.29, 0.717) is 18.6 Å². The molecule has 29 heavy (non-hydrogen) atoms. The van der Waals surface area contributed by atoms with Gasteiger partial charge in [0.2, 0.25) is 0 Å². The van der Waals surface area contributed by atoms with Gasteiger partial charge in [0.15, 0.2) is 0 Å². The van der Waals surface area contributed by atoms with Gasteiger partial charge in [-0.05, 0) is 40.6 Å². The molecule has 0 bridgehead atoms. The number of ether oxygens (including phenoxy) is 1. The number of carboxylic acid groups (broad SMARTS) is 1. The van der Waals surface area contributed by atoms with Crippen LogP contribution >= 0.6 is 11.8 Å². The van der Waals surface area contributed by atoms with Crippen molar-refractivity contribution in [2.75, 3.05) is 12.9 Å². The molecule has 0 saturated heterocycles. The minimum Gasteiger partial charge on any atom is -0.496 e. The Morgan fingerprint density at radius 1 is 1.14 bits per heavy atom. The van der Waals surface area contributed by atoms with Gasteiger partial charge < -0.3 is 14.8 Å². The van der Waals surface area contributed by atoms with Gasteiger partial charge in [0.05, 0.1) is 17.5 Å². The van der Waals surface area contributed by atoms with E-state index >= 15 is 0 Å². The number of imidazole rings is 1. The van der Waals surface area contributed by atoms with E-state index in [4.69, 9.17) is 14.8 Å². The molecular formula is C23H22N2O3S. The summed E-state index contributed by atoms with van der Waals surface area (Å²) in [5.74, 6) is 1.60. The highest BCUT2D eigenvalue weighted by atomic mass is 32.2. The maximum Gasteiger partial charge on any atom is 0.303 e. The molecule has 0 atom stereocenters. The van der Waals surface area contributed by atoms with Crippen molar-refractivity contribution in [2.45, 2.75) is 24.2 Å². The zero-order valence-electron chi connectivity index (χ0n) is 16.1. The Kier molecular flexibility index (Phi) is 5.71. The quantitative estimate of drug-likeness (QED) is 0.308. The molecule has 0 fully saturated rings. The van der Waals surface area contributed by atoms with Crippen molar-refractivity contribution in [3.05, 3.63) is 66.0 Å². The molecule has 0 aliphatic heterocycles. The highest BCUT2D eigenvalue weighted by Crippen LogP contribution is 2.36. The summed E-state index contributed by atoms with van der Waals surface area (Å²) in [6.07, 6.45) is 1.48. The number of benzene rings is 3. The fraction of sp³-hybridized carbons (Fsp3) is 0.217. The van der Waals surface area contributed by atoms with Crippen LogP contribution in [0.4, 0.5) is 0 Å². The molecule has 0 aliphatic rings. The number of nitrogens with one attached hydrogen (secondary N) is 1. The van der Waals surface area contributed by atoms with Crippen LogP contribution in [0.5, 0.6) is 5.75 Å². The van der Waals surface area contributed by atoms with Crippen LogP contribution < -0.4 is 4.74 Å². The average molecular weight is 407 g/mol. The second-order valence-electron chi connectivity index (χ2n) is 6.84. The molecule has 0 radical (unpaired) electrons. The van der Waals surface area contributed by atoms with Crippen molar-refractivity contribution in [3.63, 3.8) is 0 Å². The van der Waals surface area contributed by atoms with Crippen LogP contribution in [-0.2, 0) is 11.2 Å². The summed E-state index contributed by atoms with van der Waals surface area (Å²) < 4.78 is 5.53. The van der Waals surface area contributed by atoms with Crippen LogP contribution in [0.25, 0.3) is 21.8 Å². The Hall–Kier alpha value is -2.99. The smallest absolute Gasteiger partial charge is 0.303 e. The first-order chi connectivity index (χ1) is 14.2. The molecule has 3 aromatic carbocycles. The Morgan fingerprint density at radius 3 is 2.79 bits per heavy atom. The SMILES string of the molecule is COc1ccc2[nH]c(Cc3cccc4ccccc34)nc2c1SCCCC(=O)O. The number of hydrogen-bond acceptors (Lipinski definition) is 4. The minimum absolute atomic E-state index is 0.165. The van der Waals surface area contributed by atoms with Crippen LogP contribution in [0.15, 0.2) is 59.5 Å². The molecule has 1 aromatic heterocycles. The Balaban J connectivity index is 1.64. The minimum atomic E-state index is -0.770. The first-order valence-corrected chi connectivity index (χ1v) is 10.5. The lowest BCUT2D eigenvalue weighted by Crippen LogP contribution is -1.95. The van der Waals surface area contributed by atoms with Gasteiger partial charge in [-0.25, -0.2) is 4.98 Å². The number of carboxylic acids is 1. The first-order valence-electron chi connectivity index (χ1n) is 9.52. The van der Waals surface area contributed by atoms with Crippen molar-refractivity contribution < 1.29 is 14.6 Å². The molecule has 0 unspecified atom stereocenters. The number of methoxy groups -OCH3 is 1. The number of hydrogen-bond donors (Lipinski definition) is 2. The van der Waals surface area contributed by atoms with E-state index in [1.807, 2.05) is 18.2 Å². The van der Waals surface area contributed by atoms with Crippen LogP contribution in [-0.4, -0.2) is 33.9 Å². The average Bonchev–Trinajstić information content (AvgIpc) is 3.14. The number of rotatable bonds is 8. The van der Waals surface area contributed by atoms with E-state index < -0.39 is 5.97 Å². The van der Waals surface area contributed by atoms with Gasteiger partial charge in [0.1, 0.15) is 17.1 Å². The lowest BCUT2D eigenvalue weighted by atomic mass is 10.0. The third-order valence-corrected chi connectivity index (χ3v) is 6.04. The monoisotopic (exact) mass is 406 g/mol. The van der Waals surface area contributed by atoms with Crippen LogP contribution in [0.3, 0.4) is 0 Å². The zero-order chi connectivity index (χ0) is 20.2. The van der Waals surface area contributed by atoms with E-state index in [2.05, 4.69) is 41.4 Å². The summed E-state index contributed by atoms with van der Waals surface area (Å²) in [6.45, 7) is 0. The molecule has 5 nitrogen and oxygen atoms in total. The number of fused-ring (bicyclic) bond motifs is 2. The largest absolute Gasteiger partial charge is 0.496 e. The number of thioether (sulfide) groups is 1. The molecule has 4 aromatic rings. The Morgan fingerprint density at radius 2 is 1.97 bits per heavy atom. The van der Waals surface area contributed by atoms with Crippen molar-refractivity contribution in [1.29, 1.82) is 0 Å². The fourth-order valence-corrected chi connectivity index (χ4v) is 4.57. The predicted molar refractivity (Wildman–Crippen MR) is 117 cm³/mol. The number of aromatic amines is 1. The summed E-state index contributed by atoms with van der Waals surface area (Å²) in [6, 6.07) is 18.6. The number of carbonyl (C=O) groups is 1. The van der Waals surface area contributed by atoms with E-state index in [-0.39, 0.29) is 6.42 Å². The van der Waals surface area contributed by atoms with Crippen LogP contribution in [0.1, 0.15) is 24.2 Å². The van der Waals surface area contributed by atoms with E-state index in [1.165, 1.54) is 16.3 Å². The summed E-state index contributed by atoms with van der Waals surface area (Å²) in [4.78, 5) is 20.0. The fourth-order valence-electron chi connectivity index (χ4n) is 3.49. The molecule has 6 heteroatoms. The maximum atomic E-state index is 10.8. The number of nitrogens with zero attached hydrogens (tertiary/aromatic N) is 1. The van der Waals surface area contributed by atoms with Crippen molar-refractivity contribution in [2.24, 2.45) is 0 Å². The van der Waals surface area contributed by atoms with Crippen molar-refractivity contribution in [1.82, 2.24) is 9.97 Å². The molecule has 0 aliphatic carbocycles. The van der Waals surface area contributed by atoms with E-state index in [0.717, 1.165) is 27.5 Å². The Bertz CT molecular complexity index is 1160. The third kappa shape index (κ3) is 4.22. The highest BCUT2D eigenvalue weighted by Gasteiger charge is 2.14. The first kappa shape index (κ1) is 19.3. The number of H-pyrrole nitrogens is 1. The molecule has 0 saturated carbocycles. The van der Waals surface area contributed by atoms with Crippen LogP contribution in [0, 0.1) is 0 Å². The highest BCUT2D eigenvalue weighted by molar-refractivity contribution is 7.99. The predicted octanol–water partition coefficient (Wildman–Crippen LogP) is 5.27. The number of aromatic nitrogens is 2. The molecule has 0 spiro atoms. The van der Waals surface area contributed by atoms with Gasteiger partial charge in [-0.3, -0.25) is 4.79 Å². The molecule has 148 valence electrons. The Labute approximate surface area is 173 Å². The van der Waals surface area contributed by atoms with E-state index in [1.54, 1.807) is 18.9 Å². The molecule has 4 rings (SSSR count). The third-order valence-electron chi connectivity index (χ3n) is 4.86. The van der Waals surface area contributed by atoms with Gasteiger partial charge in [-0.2, -0.15) is 0 Å². The summed E-state index contributed by atoms with van der Waals surface area (Å²) in [7, 11) is 1.64. The lowest BCUT2D eigenvalue weighted by Gasteiger charge is -2.08. The number of aliphatic carboxylic acids is 1. The normalized spacial score (nSPS) is 11.2. The maximum absolute atomic E-state index is 10.8. The van der Waals surface area contributed by atoms with Crippen molar-refractivity contribution >= 4 is 39.5 Å². The topological polar surface area (TPSA) is 75.2 Å².